The lowest BCUT2D eigenvalue weighted by atomic mass is 10.2. The molecule has 1 atom stereocenters. The predicted molar refractivity (Wildman–Crippen MR) is 76.2 cm³/mol. The van der Waals surface area contributed by atoms with Crippen molar-refractivity contribution in [1.82, 2.24) is 15.2 Å². The fraction of sp³-hybridized carbons (Fsp3) is 0.308. The van der Waals surface area contributed by atoms with Crippen LogP contribution in [0.1, 0.15) is 18.3 Å². The summed E-state index contributed by atoms with van der Waals surface area (Å²) in [5.74, 6) is 0.133. The minimum absolute atomic E-state index is 0.222. The number of aromatic amines is 1. The van der Waals surface area contributed by atoms with Gasteiger partial charge in [0.2, 0.25) is 11.1 Å². The van der Waals surface area contributed by atoms with Gasteiger partial charge in [-0.15, -0.1) is 5.10 Å². The van der Waals surface area contributed by atoms with Crippen LogP contribution in [0.25, 0.3) is 0 Å². The van der Waals surface area contributed by atoms with Crippen molar-refractivity contribution in [1.29, 1.82) is 0 Å². The molecule has 1 amide bonds. The molecule has 7 heteroatoms. The highest BCUT2D eigenvalue weighted by atomic mass is 32.2. The highest BCUT2D eigenvalue weighted by Crippen LogP contribution is 2.21. The summed E-state index contributed by atoms with van der Waals surface area (Å²) in [7, 11) is 0. The van der Waals surface area contributed by atoms with Crippen LogP contribution in [0, 0.1) is 19.7 Å². The highest BCUT2D eigenvalue weighted by Gasteiger charge is 2.17. The van der Waals surface area contributed by atoms with Gasteiger partial charge < -0.3 is 5.32 Å². The van der Waals surface area contributed by atoms with Crippen LogP contribution < -0.4 is 5.32 Å². The van der Waals surface area contributed by atoms with E-state index >= 15 is 0 Å². The molecule has 2 N–H and O–H groups in total. The van der Waals surface area contributed by atoms with Crippen LogP contribution in [0.2, 0.25) is 0 Å². The molecule has 0 saturated carbocycles. The Morgan fingerprint density at radius 3 is 2.80 bits per heavy atom. The summed E-state index contributed by atoms with van der Waals surface area (Å²) in [6.07, 6.45) is 0. The molecule has 0 aliphatic rings. The van der Waals surface area contributed by atoms with Crippen molar-refractivity contribution in [2.24, 2.45) is 0 Å². The SMILES string of the molecule is Cc1nc(SC(C)C(=O)Nc2ccc(C)c(F)c2)n[nH]1. The number of hydrogen-bond acceptors (Lipinski definition) is 4. The average Bonchev–Trinajstić information content (AvgIpc) is 2.79. The summed E-state index contributed by atoms with van der Waals surface area (Å²) < 4.78 is 13.4. The van der Waals surface area contributed by atoms with Crippen molar-refractivity contribution < 1.29 is 9.18 Å². The van der Waals surface area contributed by atoms with E-state index in [9.17, 15) is 9.18 Å². The molecule has 0 aliphatic carbocycles. The Bertz CT molecular complexity index is 629. The van der Waals surface area contributed by atoms with Crippen molar-refractivity contribution >= 4 is 23.4 Å². The molecule has 1 heterocycles. The first-order valence-corrected chi connectivity index (χ1v) is 6.96. The summed E-state index contributed by atoms with van der Waals surface area (Å²) in [6, 6.07) is 4.60. The van der Waals surface area contributed by atoms with E-state index in [2.05, 4.69) is 20.5 Å². The zero-order chi connectivity index (χ0) is 14.7. The van der Waals surface area contributed by atoms with Crippen LogP contribution in [-0.4, -0.2) is 26.3 Å². The molecule has 2 aromatic rings. The lowest BCUT2D eigenvalue weighted by molar-refractivity contribution is -0.115. The van der Waals surface area contributed by atoms with Gasteiger partial charge in [0.15, 0.2) is 0 Å². The van der Waals surface area contributed by atoms with Gasteiger partial charge in [0.1, 0.15) is 11.6 Å². The first-order chi connectivity index (χ1) is 9.45. The van der Waals surface area contributed by atoms with Crippen LogP contribution >= 0.6 is 11.8 Å². The number of halogens is 1. The second-order valence-electron chi connectivity index (χ2n) is 4.42. The summed E-state index contributed by atoms with van der Waals surface area (Å²) >= 11 is 1.24. The number of benzene rings is 1. The standard InChI is InChI=1S/C13H15FN4OS/c1-7-4-5-10(6-11(7)14)16-12(19)8(2)20-13-15-9(3)17-18-13/h4-6,8H,1-3H3,(H,16,19)(H,15,17,18). The molecule has 0 radical (unpaired) electrons. The smallest absolute Gasteiger partial charge is 0.237 e. The quantitative estimate of drug-likeness (QED) is 0.851. The van der Waals surface area contributed by atoms with Crippen molar-refractivity contribution in [2.75, 3.05) is 5.32 Å². The molecule has 0 aliphatic heterocycles. The number of amides is 1. The third kappa shape index (κ3) is 3.57. The zero-order valence-electron chi connectivity index (χ0n) is 11.4. The Morgan fingerprint density at radius 2 is 2.20 bits per heavy atom. The monoisotopic (exact) mass is 294 g/mol. The van der Waals surface area contributed by atoms with Gasteiger partial charge in [0, 0.05) is 5.69 Å². The number of anilines is 1. The summed E-state index contributed by atoms with van der Waals surface area (Å²) in [6.45, 7) is 5.21. The molecule has 5 nitrogen and oxygen atoms in total. The van der Waals surface area contributed by atoms with Crippen molar-refractivity contribution in [2.45, 2.75) is 31.2 Å². The normalized spacial score (nSPS) is 12.2. The van der Waals surface area contributed by atoms with E-state index in [1.54, 1.807) is 32.9 Å². The Labute approximate surface area is 120 Å². The lowest BCUT2D eigenvalue weighted by Crippen LogP contribution is -2.22. The fourth-order valence-electron chi connectivity index (χ4n) is 1.50. The van der Waals surface area contributed by atoms with E-state index in [1.165, 1.54) is 17.8 Å². The number of H-pyrrole nitrogens is 1. The van der Waals surface area contributed by atoms with Gasteiger partial charge >= 0.3 is 0 Å². The number of nitrogens with one attached hydrogen (secondary N) is 2. The third-order valence-electron chi connectivity index (χ3n) is 2.67. The first-order valence-electron chi connectivity index (χ1n) is 6.08. The Balaban J connectivity index is 1.98. The van der Waals surface area contributed by atoms with Crippen LogP contribution in [0.15, 0.2) is 23.4 Å². The molecule has 0 spiro atoms. The second-order valence-corrected chi connectivity index (χ2v) is 5.72. The molecule has 1 aromatic carbocycles. The van der Waals surface area contributed by atoms with Gasteiger partial charge in [0.25, 0.3) is 0 Å². The van der Waals surface area contributed by atoms with Gasteiger partial charge in [-0.2, -0.15) is 0 Å². The number of rotatable bonds is 4. The summed E-state index contributed by atoms with van der Waals surface area (Å²) in [5, 5.41) is 9.48. The Hall–Kier alpha value is -1.89. The largest absolute Gasteiger partial charge is 0.325 e. The molecular formula is C13H15FN4OS. The average molecular weight is 294 g/mol. The topological polar surface area (TPSA) is 70.7 Å². The van der Waals surface area contributed by atoms with E-state index in [-0.39, 0.29) is 17.0 Å². The summed E-state index contributed by atoms with van der Waals surface area (Å²) in [4.78, 5) is 16.1. The van der Waals surface area contributed by atoms with Crippen LogP contribution in [-0.2, 0) is 4.79 Å². The van der Waals surface area contributed by atoms with Crippen molar-refractivity contribution in [3.8, 4) is 0 Å². The molecule has 0 fully saturated rings. The maximum absolute atomic E-state index is 13.4. The first kappa shape index (κ1) is 14.5. The van der Waals surface area contributed by atoms with Gasteiger partial charge in [-0.1, -0.05) is 17.8 Å². The number of aromatic nitrogens is 3. The molecule has 0 saturated heterocycles. The van der Waals surface area contributed by atoms with Crippen molar-refractivity contribution in [3.05, 3.63) is 35.4 Å². The summed E-state index contributed by atoms with van der Waals surface area (Å²) in [5.41, 5.74) is 0.985. The predicted octanol–water partition coefficient (Wildman–Crippen LogP) is 2.68. The maximum Gasteiger partial charge on any atom is 0.237 e. The number of thioether (sulfide) groups is 1. The number of carbonyl (C=O) groups is 1. The van der Waals surface area contributed by atoms with Crippen molar-refractivity contribution in [3.63, 3.8) is 0 Å². The number of nitrogens with zero attached hydrogens (tertiary/aromatic N) is 2. The fourth-order valence-corrected chi connectivity index (χ4v) is 2.27. The molecule has 1 unspecified atom stereocenters. The molecular weight excluding hydrogens is 279 g/mol. The second kappa shape index (κ2) is 6.04. The lowest BCUT2D eigenvalue weighted by Gasteiger charge is -2.10. The van der Waals surface area contributed by atoms with Gasteiger partial charge in [0.05, 0.1) is 5.25 Å². The third-order valence-corrected chi connectivity index (χ3v) is 3.63. The number of hydrogen-bond donors (Lipinski definition) is 2. The van der Waals surface area contributed by atoms with E-state index in [0.29, 0.717) is 22.2 Å². The van der Waals surface area contributed by atoms with Crippen LogP contribution in [0.3, 0.4) is 0 Å². The Morgan fingerprint density at radius 1 is 1.45 bits per heavy atom. The molecule has 20 heavy (non-hydrogen) atoms. The zero-order valence-corrected chi connectivity index (χ0v) is 12.2. The maximum atomic E-state index is 13.4. The highest BCUT2D eigenvalue weighted by molar-refractivity contribution is 8.00. The van der Waals surface area contributed by atoms with Crippen LogP contribution in [0.5, 0.6) is 0 Å². The minimum Gasteiger partial charge on any atom is -0.325 e. The van der Waals surface area contributed by atoms with Gasteiger partial charge in [-0.05, 0) is 38.5 Å². The number of aryl methyl sites for hydroxylation is 2. The van der Waals surface area contributed by atoms with E-state index in [4.69, 9.17) is 0 Å². The Kier molecular flexibility index (Phi) is 4.39. The van der Waals surface area contributed by atoms with E-state index in [1.807, 2.05) is 0 Å². The number of carbonyl (C=O) groups excluding carboxylic acids is 1. The molecule has 106 valence electrons. The van der Waals surface area contributed by atoms with Gasteiger partial charge in [-0.3, -0.25) is 9.89 Å². The van der Waals surface area contributed by atoms with E-state index in [0.717, 1.165) is 0 Å². The van der Waals surface area contributed by atoms with Gasteiger partial charge in [-0.25, -0.2) is 9.37 Å². The van der Waals surface area contributed by atoms with Crippen LogP contribution in [0.4, 0.5) is 10.1 Å². The molecule has 1 aromatic heterocycles. The molecule has 2 rings (SSSR count). The minimum atomic E-state index is -0.380. The molecule has 0 bridgehead atoms. The van der Waals surface area contributed by atoms with E-state index < -0.39 is 0 Å².